The monoisotopic (exact) mass is 373 g/mol. The largest absolute Gasteiger partial charge is 0.307 e. The van der Waals surface area contributed by atoms with E-state index in [1.165, 1.54) is 12.1 Å². The van der Waals surface area contributed by atoms with Gasteiger partial charge in [0.05, 0.1) is 16.4 Å². The van der Waals surface area contributed by atoms with Gasteiger partial charge < -0.3 is 5.32 Å². The van der Waals surface area contributed by atoms with E-state index in [2.05, 4.69) is 26.3 Å². The smallest absolute Gasteiger partial charge is 0.123 e. The second-order valence-corrected chi connectivity index (χ2v) is 5.95. The van der Waals surface area contributed by atoms with Gasteiger partial charge in [-0.15, -0.1) is 0 Å². The van der Waals surface area contributed by atoms with Gasteiger partial charge in [-0.05, 0) is 37.1 Å². The zero-order chi connectivity index (χ0) is 15.4. The number of halogens is 3. The lowest BCUT2D eigenvalue weighted by Gasteiger charge is -2.09. The molecule has 2 rings (SSSR count). The Balaban J connectivity index is 2.06. The van der Waals surface area contributed by atoms with E-state index in [9.17, 15) is 4.39 Å². The molecular formula is C15H18BrClFN3. The summed E-state index contributed by atoms with van der Waals surface area (Å²) in [5.74, 6) is -0.236. The van der Waals surface area contributed by atoms with Gasteiger partial charge in [-0.2, -0.15) is 5.10 Å². The SMILES string of the molecule is CCc1nn(CC)c(CNCc2cc(F)ccc2Br)c1Cl. The molecule has 1 aromatic carbocycles. The number of hydrogen-bond acceptors (Lipinski definition) is 2. The van der Waals surface area contributed by atoms with Crippen molar-refractivity contribution in [2.75, 3.05) is 0 Å². The van der Waals surface area contributed by atoms with Crippen molar-refractivity contribution in [3.8, 4) is 0 Å². The Morgan fingerprint density at radius 2 is 2.10 bits per heavy atom. The summed E-state index contributed by atoms with van der Waals surface area (Å²) in [5, 5.41) is 8.50. The molecule has 0 aliphatic rings. The van der Waals surface area contributed by atoms with Gasteiger partial charge in [0.2, 0.25) is 0 Å². The fourth-order valence-corrected chi connectivity index (χ4v) is 2.90. The maximum Gasteiger partial charge on any atom is 0.123 e. The Labute approximate surface area is 137 Å². The molecule has 1 heterocycles. The maximum atomic E-state index is 13.2. The second kappa shape index (κ2) is 7.38. The molecule has 3 nitrogen and oxygen atoms in total. The first kappa shape index (κ1) is 16.5. The summed E-state index contributed by atoms with van der Waals surface area (Å²) in [7, 11) is 0. The molecule has 1 N–H and O–H groups in total. The Morgan fingerprint density at radius 1 is 1.33 bits per heavy atom. The van der Waals surface area contributed by atoms with Crippen molar-refractivity contribution in [3.05, 3.63) is 50.5 Å². The van der Waals surface area contributed by atoms with E-state index >= 15 is 0 Å². The summed E-state index contributed by atoms with van der Waals surface area (Å²) < 4.78 is 16.0. The number of nitrogens with one attached hydrogen (secondary N) is 1. The summed E-state index contributed by atoms with van der Waals surface area (Å²) in [6, 6.07) is 4.67. The third kappa shape index (κ3) is 3.84. The number of rotatable bonds is 6. The fourth-order valence-electron chi connectivity index (χ4n) is 2.18. The zero-order valence-corrected chi connectivity index (χ0v) is 14.4. The van der Waals surface area contributed by atoms with Crippen LogP contribution < -0.4 is 5.32 Å². The molecule has 6 heteroatoms. The lowest BCUT2D eigenvalue weighted by atomic mass is 10.2. The first-order valence-electron chi connectivity index (χ1n) is 6.95. The van der Waals surface area contributed by atoms with E-state index in [0.29, 0.717) is 13.1 Å². The Kier molecular flexibility index (Phi) is 5.79. The summed E-state index contributed by atoms with van der Waals surface area (Å²) >= 11 is 9.78. The van der Waals surface area contributed by atoms with Gasteiger partial charge >= 0.3 is 0 Å². The van der Waals surface area contributed by atoms with Crippen LogP contribution in [0.2, 0.25) is 5.02 Å². The lowest BCUT2D eigenvalue weighted by Crippen LogP contribution is -2.16. The van der Waals surface area contributed by atoms with E-state index in [4.69, 9.17) is 11.6 Å². The first-order valence-corrected chi connectivity index (χ1v) is 8.12. The van der Waals surface area contributed by atoms with E-state index < -0.39 is 0 Å². The highest BCUT2D eigenvalue weighted by atomic mass is 79.9. The van der Waals surface area contributed by atoms with Gasteiger partial charge in [0, 0.05) is 24.1 Å². The Hall–Kier alpha value is -0.910. The molecule has 0 saturated heterocycles. The number of hydrogen-bond donors (Lipinski definition) is 1. The van der Waals surface area contributed by atoms with Gasteiger partial charge in [0.15, 0.2) is 0 Å². The molecule has 0 amide bonds. The number of aromatic nitrogens is 2. The number of benzene rings is 1. The minimum absolute atomic E-state index is 0.236. The highest BCUT2D eigenvalue weighted by Gasteiger charge is 2.13. The van der Waals surface area contributed by atoms with Crippen LogP contribution in [-0.4, -0.2) is 9.78 Å². The topological polar surface area (TPSA) is 29.9 Å². The van der Waals surface area contributed by atoms with Gasteiger partial charge in [-0.1, -0.05) is 34.5 Å². The Bertz CT molecular complexity index is 628. The molecule has 0 spiro atoms. The van der Waals surface area contributed by atoms with Crippen LogP contribution in [-0.2, 0) is 26.1 Å². The molecule has 21 heavy (non-hydrogen) atoms. The molecule has 0 saturated carbocycles. The van der Waals surface area contributed by atoms with Gasteiger partial charge in [-0.3, -0.25) is 4.68 Å². The first-order chi connectivity index (χ1) is 10.1. The van der Waals surface area contributed by atoms with E-state index in [1.54, 1.807) is 6.07 Å². The van der Waals surface area contributed by atoms with Crippen molar-refractivity contribution in [2.45, 2.75) is 39.9 Å². The molecule has 2 aromatic rings. The predicted octanol–water partition coefficient (Wildman–Crippen LogP) is 4.31. The van der Waals surface area contributed by atoms with Crippen molar-refractivity contribution < 1.29 is 4.39 Å². The normalized spacial score (nSPS) is 11.1. The average Bonchev–Trinajstić information content (AvgIpc) is 2.79. The molecule has 0 radical (unpaired) electrons. The van der Waals surface area contributed by atoms with Crippen LogP contribution in [0.3, 0.4) is 0 Å². The minimum atomic E-state index is -0.236. The molecule has 0 aliphatic carbocycles. The van der Waals surface area contributed by atoms with E-state index in [0.717, 1.165) is 39.4 Å². The predicted molar refractivity (Wildman–Crippen MR) is 86.9 cm³/mol. The maximum absolute atomic E-state index is 13.2. The van der Waals surface area contributed by atoms with Gasteiger partial charge in [0.1, 0.15) is 5.82 Å². The molecular weight excluding hydrogens is 357 g/mol. The standard InChI is InChI=1S/C15H18BrClFN3/c1-3-13-15(17)14(21(4-2)20-13)9-19-8-10-7-11(18)5-6-12(10)16/h5-7,19H,3-4,8-9H2,1-2H3. The highest BCUT2D eigenvalue weighted by Crippen LogP contribution is 2.22. The summed E-state index contributed by atoms with van der Waals surface area (Å²) in [5.41, 5.74) is 2.77. The molecule has 0 aliphatic heterocycles. The van der Waals surface area contributed by atoms with E-state index in [1.807, 2.05) is 18.5 Å². The summed E-state index contributed by atoms with van der Waals surface area (Å²) in [6.07, 6.45) is 0.814. The van der Waals surface area contributed by atoms with Crippen molar-refractivity contribution >= 4 is 27.5 Å². The van der Waals surface area contributed by atoms with Crippen molar-refractivity contribution in [1.29, 1.82) is 0 Å². The molecule has 114 valence electrons. The molecule has 0 unspecified atom stereocenters. The highest BCUT2D eigenvalue weighted by molar-refractivity contribution is 9.10. The lowest BCUT2D eigenvalue weighted by molar-refractivity contribution is 0.575. The quantitative estimate of drug-likeness (QED) is 0.816. The molecule has 0 atom stereocenters. The third-order valence-corrected chi connectivity index (χ3v) is 4.52. The van der Waals surface area contributed by atoms with Crippen LogP contribution in [0.4, 0.5) is 4.39 Å². The van der Waals surface area contributed by atoms with Gasteiger partial charge in [0.25, 0.3) is 0 Å². The second-order valence-electron chi connectivity index (χ2n) is 4.72. The summed E-state index contributed by atoms with van der Waals surface area (Å²) in [4.78, 5) is 0. The summed E-state index contributed by atoms with van der Waals surface area (Å²) in [6.45, 7) is 6.01. The number of aryl methyl sites for hydroxylation is 2. The van der Waals surface area contributed by atoms with Crippen LogP contribution >= 0.6 is 27.5 Å². The zero-order valence-electron chi connectivity index (χ0n) is 12.1. The number of nitrogens with zero attached hydrogens (tertiary/aromatic N) is 2. The minimum Gasteiger partial charge on any atom is -0.307 e. The molecule has 0 fully saturated rings. The van der Waals surface area contributed by atoms with Crippen LogP contribution in [0.15, 0.2) is 22.7 Å². The fraction of sp³-hybridized carbons (Fsp3) is 0.400. The van der Waals surface area contributed by atoms with Crippen molar-refractivity contribution in [1.82, 2.24) is 15.1 Å². The van der Waals surface area contributed by atoms with Gasteiger partial charge in [-0.25, -0.2) is 4.39 Å². The van der Waals surface area contributed by atoms with Crippen LogP contribution in [0, 0.1) is 5.82 Å². The third-order valence-electron chi connectivity index (χ3n) is 3.31. The van der Waals surface area contributed by atoms with Crippen LogP contribution in [0.5, 0.6) is 0 Å². The molecule has 1 aromatic heterocycles. The van der Waals surface area contributed by atoms with Crippen molar-refractivity contribution in [2.24, 2.45) is 0 Å². The van der Waals surface area contributed by atoms with Crippen LogP contribution in [0.1, 0.15) is 30.8 Å². The van der Waals surface area contributed by atoms with Crippen molar-refractivity contribution in [3.63, 3.8) is 0 Å². The van der Waals surface area contributed by atoms with Crippen LogP contribution in [0.25, 0.3) is 0 Å². The van der Waals surface area contributed by atoms with E-state index in [-0.39, 0.29) is 5.82 Å². The molecule has 0 bridgehead atoms. The Morgan fingerprint density at radius 3 is 2.76 bits per heavy atom. The average molecular weight is 375 g/mol.